The normalized spacial score (nSPS) is 21.7. The Kier molecular flexibility index (Phi) is 8.09. The Morgan fingerprint density at radius 2 is 1.78 bits per heavy atom. The smallest absolute Gasteiger partial charge is 0.336 e. The second-order valence-electron chi connectivity index (χ2n) is 9.14. The maximum atomic E-state index is 14.3. The van der Waals surface area contributed by atoms with Crippen LogP contribution in [0, 0.1) is 12.8 Å². The van der Waals surface area contributed by atoms with Gasteiger partial charge in [-0.1, -0.05) is 49.2 Å². The Labute approximate surface area is 216 Å². The summed E-state index contributed by atoms with van der Waals surface area (Å²) in [6.07, 6.45) is 1.95. The number of rotatable bonds is 8. The minimum absolute atomic E-state index is 0.194. The Balaban J connectivity index is 1.91. The highest BCUT2D eigenvalue weighted by atomic mass is 32.1. The van der Waals surface area contributed by atoms with Crippen molar-refractivity contribution in [3.63, 3.8) is 0 Å². The van der Waals surface area contributed by atoms with E-state index in [1.807, 2.05) is 48.7 Å². The maximum Gasteiger partial charge on any atom is 0.336 e. The number of carbonyl (C=O) groups is 3. The molecular formula is C29H33NO5S. The van der Waals surface area contributed by atoms with Crippen molar-refractivity contribution < 1.29 is 23.9 Å². The number of dihydropyridines is 1. The van der Waals surface area contributed by atoms with Gasteiger partial charge in [0.1, 0.15) is 5.92 Å². The number of aryl methyl sites for hydroxylation is 1. The van der Waals surface area contributed by atoms with Gasteiger partial charge in [-0.2, -0.15) is 0 Å². The summed E-state index contributed by atoms with van der Waals surface area (Å²) in [5.74, 6) is -3.15. The summed E-state index contributed by atoms with van der Waals surface area (Å²) < 4.78 is 10.9. The van der Waals surface area contributed by atoms with Crippen LogP contribution in [0.3, 0.4) is 0 Å². The molecule has 0 radical (unpaired) electrons. The van der Waals surface area contributed by atoms with Crippen molar-refractivity contribution in [3.8, 4) is 0 Å². The zero-order valence-electron chi connectivity index (χ0n) is 21.3. The van der Waals surface area contributed by atoms with E-state index >= 15 is 0 Å². The van der Waals surface area contributed by atoms with E-state index in [4.69, 9.17) is 9.47 Å². The standard InChI is InChI=1S/C29H33NO5S/c1-5-9-20-26(29(33)35-7-3)23(18-13-11-17(4)12-14-18)25-21(30-20)16-19(22-10-8-15-36-22)24(27(25)31)28(32)34-6-2/h8,10-15,19,23-24,30H,5-7,9,16H2,1-4H3/t19-,23-,24+/m1/s1. The van der Waals surface area contributed by atoms with E-state index in [0.717, 1.165) is 33.8 Å². The van der Waals surface area contributed by atoms with E-state index in [2.05, 4.69) is 12.2 Å². The van der Waals surface area contributed by atoms with Crippen LogP contribution >= 0.6 is 11.3 Å². The Hall–Kier alpha value is -3.19. The first-order valence-corrected chi connectivity index (χ1v) is 13.5. The molecular weight excluding hydrogens is 474 g/mol. The summed E-state index contributed by atoms with van der Waals surface area (Å²) in [6.45, 7) is 7.99. The Morgan fingerprint density at radius 1 is 1.06 bits per heavy atom. The molecule has 0 spiro atoms. The molecule has 3 atom stereocenters. The number of thiophene rings is 1. The molecule has 4 rings (SSSR count). The van der Waals surface area contributed by atoms with E-state index in [0.29, 0.717) is 24.0 Å². The molecule has 1 aliphatic heterocycles. The van der Waals surface area contributed by atoms with Crippen molar-refractivity contribution in [2.45, 2.75) is 58.8 Å². The van der Waals surface area contributed by atoms with E-state index in [1.54, 1.807) is 13.8 Å². The molecule has 0 saturated heterocycles. The van der Waals surface area contributed by atoms with E-state index in [-0.39, 0.29) is 24.9 Å². The summed E-state index contributed by atoms with van der Waals surface area (Å²) in [7, 11) is 0. The lowest BCUT2D eigenvalue weighted by Gasteiger charge is -2.39. The topological polar surface area (TPSA) is 81.7 Å². The number of hydrogen-bond donors (Lipinski definition) is 1. The molecule has 2 aliphatic rings. The number of hydrogen-bond acceptors (Lipinski definition) is 7. The number of Topliss-reactive ketones (excluding diaryl/α,β-unsaturated/α-hetero) is 1. The molecule has 36 heavy (non-hydrogen) atoms. The fraction of sp³-hybridized carbons (Fsp3) is 0.414. The number of ketones is 1. The number of esters is 2. The van der Waals surface area contributed by atoms with Crippen LogP contribution in [0.15, 0.2) is 64.3 Å². The van der Waals surface area contributed by atoms with Gasteiger partial charge in [0.2, 0.25) is 0 Å². The highest BCUT2D eigenvalue weighted by molar-refractivity contribution is 7.10. The molecule has 7 heteroatoms. The number of allylic oxidation sites excluding steroid dienone is 3. The summed E-state index contributed by atoms with van der Waals surface area (Å²) in [4.78, 5) is 41.7. The van der Waals surface area contributed by atoms with Crippen molar-refractivity contribution >= 4 is 29.1 Å². The van der Waals surface area contributed by atoms with Crippen LogP contribution in [0.2, 0.25) is 0 Å². The SMILES string of the molecule is CCCC1=C(C(=O)OCC)[C@H](c2ccc(C)cc2)C2=C(C[C@H](c3cccs3)[C@H](C(=O)OCC)C2=O)N1. The van der Waals surface area contributed by atoms with Crippen LogP contribution in [0.5, 0.6) is 0 Å². The fourth-order valence-electron chi connectivity index (χ4n) is 5.21. The molecule has 6 nitrogen and oxygen atoms in total. The molecule has 190 valence electrons. The van der Waals surface area contributed by atoms with Gasteiger partial charge in [-0.3, -0.25) is 9.59 Å². The first-order chi connectivity index (χ1) is 17.4. The number of carbonyl (C=O) groups excluding carboxylic acids is 3. The average molecular weight is 508 g/mol. The third-order valence-electron chi connectivity index (χ3n) is 6.76. The summed E-state index contributed by atoms with van der Waals surface area (Å²) in [6, 6.07) is 11.8. The van der Waals surface area contributed by atoms with E-state index in [1.165, 1.54) is 11.3 Å². The lowest BCUT2D eigenvalue weighted by molar-refractivity contribution is -0.152. The van der Waals surface area contributed by atoms with Gasteiger partial charge in [0, 0.05) is 33.7 Å². The molecule has 1 aromatic heterocycles. The monoisotopic (exact) mass is 507 g/mol. The van der Waals surface area contributed by atoms with Crippen LogP contribution in [-0.2, 0) is 23.9 Å². The lowest BCUT2D eigenvalue weighted by Crippen LogP contribution is -2.43. The third-order valence-corrected chi connectivity index (χ3v) is 7.76. The first kappa shape index (κ1) is 25.9. The number of ether oxygens (including phenoxy) is 2. The lowest BCUT2D eigenvalue weighted by atomic mass is 9.68. The predicted molar refractivity (Wildman–Crippen MR) is 139 cm³/mol. The number of nitrogens with one attached hydrogen (secondary N) is 1. The minimum Gasteiger partial charge on any atom is -0.465 e. The van der Waals surface area contributed by atoms with Gasteiger partial charge >= 0.3 is 11.9 Å². The predicted octanol–water partition coefficient (Wildman–Crippen LogP) is 5.55. The molecule has 1 aliphatic carbocycles. The van der Waals surface area contributed by atoms with Crippen LogP contribution in [-0.4, -0.2) is 30.9 Å². The Bertz CT molecular complexity index is 1190. The molecule has 0 unspecified atom stereocenters. The Morgan fingerprint density at radius 3 is 2.39 bits per heavy atom. The molecule has 0 bridgehead atoms. The third kappa shape index (κ3) is 4.89. The zero-order chi connectivity index (χ0) is 25.8. The van der Waals surface area contributed by atoms with Crippen LogP contribution in [0.25, 0.3) is 0 Å². The van der Waals surface area contributed by atoms with E-state index < -0.39 is 23.8 Å². The summed E-state index contributed by atoms with van der Waals surface area (Å²) in [5.41, 5.74) is 4.39. The van der Waals surface area contributed by atoms with Gasteiger partial charge < -0.3 is 14.8 Å². The summed E-state index contributed by atoms with van der Waals surface area (Å²) >= 11 is 1.54. The van der Waals surface area contributed by atoms with Crippen molar-refractivity contribution in [3.05, 3.63) is 80.3 Å². The summed E-state index contributed by atoms with van der Waals surface area (Å²) in [5, 5.41) is 5.42. The zero-order valence-corrected chi connectivity index (χ0v) is 22.1. The van der Waals surface area contributed by atoms with Crippen molar-refractivity contribution in [1.82, 2.24) is 5.32 Å². The molecule has 0 saturated carbocycles. The fourth-order valence-corrected chi connectivity index (χ4v) is 6.07. The van der Waals surface area contributed by atoms with Crippen molar-refractivity contribution in [1.29, 1.82) is 0 Å². The van der Waals surface area contributed by atoms with Crippen LogP contribution in [0.1, 0.15) is 67.9 Å². The molecule has 1 aromatic carbocycles. The van der Waals surface area contributed by atoms with Crippen LogP contribution in [0.4, 0.5) is 0 Å². The molecule has 0 fully saturated rings. The molecule has 1 N–H and O–H groups in total. The second kappa shape index (κ2) is 11.2. The van der Waals surface area contributed by atoms with Gasteiger partial charge in [0.05, 0.1) is 18.8 Å². The van der Waals surface area contributed by atoms with Crippen molar-refractivity contribution in [2.75, 3.05) is 13.2 Å². The van der Waals surface area contributed by atoms with Gasteiger partial charge in [-0.05, 0) is 50.6 Å². The maximum absolute atomic E-state index is 14.3. The quantitative estimate of drug-likeness (QED) is 0.373. The highest BCUT2D eigenvalue weighted by Crippen LogP contribution is 2.49. The molecule has 2 aromatic rings. The van der Waals surface area contributed by atoms with Gasteiger partial charge in [-0.15, -0.1) is 11.3 Å². The van der Waals surface area contributed by atoms with Crippen LogP contribution < -0.4 is 5.32 Å². The first-order valence-electron chi connectivity index (χ1n) is 12.6. The highest BCUT2D eigenvalue weighted by Gasteiger charge is 2.49. The largest absolute Gasteiger partial charge is 0.465 e. The molecule has 0 amide bonds. The second-order valence-corrected chi connectivity index (χ2v) is 10.1. The van der Waals surface area contributed by atoms with Crippen molar-refractivity contribution in [2.24, 2.45) is 5.92 Å². The average Bonchev–Trinajstić information content (AvgIpc) is 3.39. The van der Waals surface area contributed by atoms with Gasteiger partial charge in [-0.25, -0.2) is 4.79 Å². The van der Waals surface area contributed by atoms with Gasteiger partial charge in [0.15, 0.2) is 5.78 Å². The van der Waals surface area contributed by atoms with Gasteiger partial charge in [0.25, 0.3) is 0 Å². The molecule has 2 heterocycles. The van der Waals surface area contributed by atoms with E-state index in [9.17, 15) is 14.4 Å². The minimum atomic E-state index is -0.965. The number of benzene rings is 1.